The minimum atomic E-state index is 0.369. The molecule has 0 radical (unpaired) electrons. The molecule has 0 bridgehead atoms. The first-order chi connectivity index (χ1) is 10.2. The van der Waals surface area contributed by atoms with Crippen molar-refractivity contribution >= 4 is 33.8 Å². The number of benzene rings is 1. The number of anilines is 1. The van der Waals surface area contributed by atoms with Crippen LogP contribution in [0.25, 0.3) is 10.9 Å². The third kappa shape index (κ3) is 2.84. The van der Waals surface area contributed by atoms with Crippen LogP contribution in [-0.2, 0) is 4.74 Å². The highest BCUT2D eigenvalue weighted by Gasteiger charge is 2.30. The summed E-state index contributed by atoms with van der Waals surface area (Å²) in [5.74, 6) is 0. The summed E-state index contributed by atoms with van der Waals surface area (Å²) in [4.78, 5) is 4.80. The maximum atomic E-state index is 5.84. The fourth-order valence-corrected chi connectivity index (χ4v) is 2.90. The predicted octanol–water partition coefficient (Wildman–Crippen LogP) is 2.85. The fraction of sp³-hybridized carbons (Fsp3) is 0.375. The molecule has 0 atom stereocenters. The first-order valence-electron chi connectivity index (χ1n) is 7.24. The Bertz CT molecular complexity index is 668. The number of para-hydroxylation sites is 1. The van der Waals surface area contributed by atoms with E-state index in [-0.39, 0.29) is 0 Å². The van der Waals surface area contributed by atoms with Gasteiger partial charge in [-0.2, -0.15) is 0 Å². The van der Waals surface area contributed by atoms with Crippen molar-refractivity contribution in [1.29, 1.82) is 0 Å². The van der Waals surface area contributed by atoms with E-state index in [0.29, 0.717) is 17.1 Å². The largest absolute Gasteiger partial charge is 0.389 e. The van der Waals surface area contributed by atoms with Gasteiger partial charge in [0.25, 0.3) is 0 Å². The molecule has 4 nitrogen and oxygen atoms in total. The first-order valence-corrected chi connectivity index (χ1v) is 7.65. The van der Waals surface area contributed by atoms with Gasteiger partial charge in [-0.25, -0.2) is 0 Å². The van der Waals surface area contributed by atoms with Crippen LogP contribution in [0.3, 0.4) is 0 Å². The van der Waals surface area contributed by atoms with Crippen LogP contribution in [0.5, 0.6) is 0 Å². The quantitative estimate of drug-likeness (QED) is 0.832. The lowest BCUT2D eigenvalue weighted by Crippen LogP contribution is -2.41. The molecule has 0 amide bonds. The van der Waals surface area contributed by atoms with Crippen LogP contribution in [0.4, 0.5) is 5.69 Å². The van der Waals surface area contributed by atoms with Gasteiger partial charge in [0.15, 0.2) is 0 Å². The SMILES string of the molecule is CCOC1CC(Nc2c(C(N)=S)cnc3ccccc23)C1. The number of pyridine rings is 1. The molecule has 1 aromatic heterocycles. The summed E-state index contributed by atoms with van der Waals surface area (Å²) in [6.07, 6.45) is 4.16. The van der Waals surface area contributed by atoms with Crippen LogP contribution >= 0.6 is 12.2 Å². The van der Waals surface area contributed by atoms with Gasteiger partial charge in [-0.3, -0.25) is 4.98 Å². The number of ether oxygens (including phenoxy) is 1. The van der Waals surface area contributed by atoms with Gasteiger partial charge in [0.1, 0.15) is 4.99 Å². The smallest absolute Gasteiger partial charge is 0.107 e. The van der Waals surface area contributed by atoms with Crippen molar-refractivity contribution in [3.05, 3.63) is 36.0 Å². The third-order valence-electron chi connectivity index (χ3n) is 3.89. The summed E-state index contributed by atoms with van der Waals surface area (Å²) < 4.78 is 5.61. The molecule has 110 valence electrons. The van der Waals surface area contributed by atoms with E-state index in [0.717, 1.165) is 41.6 Å². The van der Waals surface area contributed by atoms with Crippen molar-refractivity contribution in [2.45, 2.75) is 31.9 Å². The van der Waals surface area contributed by atoms with Crippen LogP contribution in [0.1, 0.15) is 25.3 Å². The molecule has 21 heavy (non-hydrogen) atoms. The second-order valence-electron chi connectivity index (χ2n) is 5.32. The molecule has 5 heteroatoms. The van der Waals surface area contributed by atoms with Crippen LogP contribution in [-0.4, -0.2) is 28.7 Å². The van der Waals surface area contributed by atoms with Gasteiger partial charge in [0.05, 0.1) is 22.9 Å². The second kappa shape index (κ2) is 5.95. The Balaban J connectivity index is 1.89. The summed E-state index contributed by atoms with van der Waals surface area (Å²) in [6, 6.07) is 8.43. The Morgan fingerprint density at radius 2 is 2.19 bits per heavy atom. The second-order valence-corrected chi connectivity index (χ2v) is 5.76. The molecular weight excluding hydrogens is 282 g/mol. The molecule has 0 spiro atoms. The molecule has 1 aliphatic rings. The molecule has 0 unspecified atom stereocenters. The normalized spacial score (nSPS) is 21.0. The summed E-state index contributed by atoms with van der Waals surface area (Å²) in [5, 5.41) is 4.63. The minimum absolute atomic E-state index is 0.369. The standard InChI is InChI=1S/C16H19N3OS/c1-2-20-11-7-10(8-11)19-15-12-5-3-4-6-14(12)18-9-13(15)16(17)21/h3-6,9-11H,2,7-8H2,1H3,(H2,17,21)(H,18,19). The molecule has 1 aromatic carbocycles. The van der Waals surface area contributed by atoms with Crippen molar-refractivity contribution in [2.75, 3.05) is 11.9 Å². The molecule has 1 saturated carbocycles. The zero-order valence-corrected chi connectivity index (χ0v) is 12.8. The number of rotatable bonds is 5. The minimum Gasteiger partial charge on any atom is -0.389 e. The van der Waals surface area contributed by atoms with Crippen molar-refractivity contribution in [1.82, 2.24) is 4.98 Å². The van der Waals surface area contributed by atoms with E-state index in [1.165, 1.54) is 0 Å². The lowest BCUT2D eigenvalue weighted by Gasteiger charge is -2.36. The third-order valence-corrected chi connectivity index (χ3v) is 4.11. The first kappa shape index (κ1) is 14.2. The predicted molar refractivity (Wildman–Crippen MR) is 89.7 cm³/mol. The van der Waals surface area contributed by atoms with Crippen molar-refractivity contribution in [3.8, 4) is 0 Å². The highest BCUT2D eigenvalue weighted by atomic mass is 32.1. The topological polar surface area (TPSA) is 60.2 Å². The molecule has 1 aliphatic carbocycles. The van der Waals surface area contributed by atoms with E-state index in [2.05, 4.69) is 10.3 Å². The average Bonchev–Trinajstić information content (AvgIpc) is 2.44. The highest BCUT2D eigenvalue weighted by molar-refractivity contribution is 7.80. The molecule has 1 fully saturated rings. The summed E-state index contributed by atoms with van der Waals surface area (Å²) in [7, 11) is 0. The average molecular weight is 301 g/mol. The molecule has 0 saturated heterocycles. The number of aromatic nitrogens is 1. The summed E-state index contributed by atoms with van der Waals surface area (Å²) in [5.41, 5.74) is 8.59. The fourth-order valence-electron chi connectivity index (χ4n) is 2.74. The van der Waals surface area contributed by atoms with E-state index < -0.39 is 0 Å². The Morgan fingerprint density at radius 3 is 2.90 bits per heavy atom. The van der Waals surface area contributed by atoms with Gasteiger partial charge < -0.3 is 15.8 Å². The number of hydrogen-bond donors (Lipinski definition) is 2. The molecule has 2 aromatic rings. The Hall–Kier alpha value is -1.72. The van der Waals surface area contributed by atoms with Crippen molar-refractivity contribution < 1.29 is 4.74 Å². The number of nitrogens with zero attached hydrogens (tertiary/aromatic N) is 1. The van der Waals surface area contributed by atoms with E-state index in [1.54, 1.807) is 6.20 Å². The van der Waals surface area contributed by atoms with Gasteiger partial charge in [0, 0.05) is 24.2 Å². The van der Waals surface area contributed by atoms with Crippen LogP contribution in [0.15, 0.2) is 30.5 Å². The summed E-state index contributed by atoms with van der Waals surface area (Å²) >= 11 is 5.16. The molecular formula is C16H19N3OS. The zero-order valence-electron chi connectivity index (χ0n) is 12.0. The zero-order chi connectivity index (χ0) is 14.8. The van der Waals surface area contributed by atoms with Gasteiger partial charge >= 0.3 is 0 Å². The monoisotopic (exact) mass is 301 g/mol. The molecule has 3 N–H and O–H groups in total. The van der Waals surface area contributed by atoms with Gasteiger partial charge in [-0.1, -0.05) is 30.4 Å². The Morgan fingerprint density at radius 1 is 1.43 bits per heavy atom. The van der Waals surface area contributed by atoms with Crippen LogP contribution in [0.2, 0.25) is 0 Å². The van der Waals surface area contributed by atoms with Gasteiger partial charge in [-0.05, 0) is 25.8 Å². The molecule has 0 aliphatic heterocycles. The Labute approximate surface area is 129 Å². The number of hydrogen-bond acceptors (Lipinski definition) is 4. The van der Waals surface area contributed by atoms with E-state index in [1.807, 2.05) is 31.2 Å². The number of nitrogens with one attached hydrogen (secondary N) is 1. The van der Waals surface area contributed by atoms with Crippen molar-refractivity contribution in [3.63, 3.8) is 0 Å². The lowest BCUT2D eigenvalue weighted by atomic mass is 9.88. The van der Waals surface area contributed by atoms with Gasteiger partial charge in [-0.15, -0.1) is 0 Å². The maximum Gasteiger partial charge on any atom is 0.107 e. The highest BCUT2D eigenvalue weighted by Crippen LogP contribution is 2.32. The van der Waals surface area contributed by atoms with Gasteiger partial charge in [0.2, 0.25) is 0 Å². The van der Waals surface area contributed by atoms with Crippen molar-refractivity contribution in [2.24, 2.45) is 5.73 Å². The van der Waals surface area contributed by atoms with E-state index in [9.17, 15) is 0 Å². The van der Waals surface area contributed by atoms with Crippen LogP contribution < -0.4 is 11.1 Å². The lowest BCUT2D eigenvalue weighted by molar-refractivity contribution is 0.00301. The molecule has 1 heterocycles. The van der Waals surface area contributed by atoms with Crippen LogP contribution in [0, 0.1) is 0 Å². The molecule has 3 rings (SSSR count). The van der Waals surface area contributed by atoms with E-state index >= 15 is 0 Å². The number of fused-ring (bicyclic) bond motifs is 1. The maximum absolute atomic E-state index is 5.84. The summed E-state index contributed by atoms with van der Waals surface area (Å²) in [6.45, 7) is 2.80. The number of nitrogens with two attached hydrogens (primary N) is 1. The van der Waals surface area contributed by atoms with E-state index in [4.69, 9.17) is 22.7 Å². The Kier molecular flexibility index (Phi) is 4.03. The number of thiocarbonyl (C=S) groups is 1.